The molecule has 44 heavy (non-hydrogen) atoms. The van der Waals surface area contributed by atoms with E-state index in [1.165, 1.54) is 0 Å². The third-order valence-corrected chi connectivity index (χ3v) is 8.30. The Balaban J connectivity index is 1.44. The maximum atomic E-state index is 5.20. The van der Waals surface area contributed by atoms with Crippen molar-refractivity contribution >= 4 is 49.7 Å². The molecule has 0 radical (unpaired) electrons. The fourth-order valence-electron chi connectivity index (χ4n) is 6.56. The van der Waals surface area contributed by atoms with Crippen molar-refractivity contribution < 1.29 is 0 Å². The first-order chi connectivity index (χ1) is 21.6. The van der Waals surface area contributed by atoms with Crippen LogP contribution in [0.5, 0.6) is 0 Å². The van der Waals surface area contributed by atoms with Gasteiger partial charge < -0.3 is 0 Å². The number of aryl methyl sites for hydroxylation is 3. The maximum Gasteiger partial charge on any atom is 0.242 e. The summed E-state index contributed by atoms with van der Waals surface area (Å²) >= 11 is 0. The first kappa shape index (κ1) is 24.6. The Morgan fingerprint density at radius 1 is 0.455 bits per heavy atom. The van der Waals surface area contributed by atoms with Crippen molar-refractivity contribution in [1.29, 1.82) is 0 Å². The lowest BCUT2D eigenvalue weighted by Crippen LogP contribution is -2.12. The van der Waals surface area contributed by atoms with Crippen LogP contribution < -0.4 is 0 Å². The molecule has 9 heteroatoms. The Kier molecular flexibility index (Phi) is 5.05. The third kappa shape index (κ3) is 3.40. The van der Waals surface area contributed by atoms with E-state index in [0.29, 0.717) is 23.5 Å². The van der Waals surface area contributed by atoms with Crippen molar-refractivity contribution in [3.8, 4) is 23.3 Å². The number of para-hydroxylation sites is 6. The summed E-state index contributed by atoms with van der Waals surface area (Å²) in [6.07, 6.45) is 0. The van der Waals surface area contributed by atoms with Crippen LogP contribution in [0.15, 0.2) is 97.1 Å². The predicted molar refractivity (Wildman–Crippen MR) is 172 cm³/mol. The molecule has 0 atom stereocenters. The van der Waals surface area contributed by atoms with Crippen LogP contribution in [0.4, 0.5) is 0 Å². The van der Waals surface area contributed by atoms with E-state index in [4.69, 9.17) is 19.9 Å². The number of imidazole rings is 2. The zero-order valence-electron chi connectivity index (χ0n) is 24.3. The monoisotopic (exact) mass is 571 g/mol. The van der Waals surface area contributed by atoms with Gasteiger partial charge in [0, 0.05) is 10.8 Å². The molecule has 0 saturated carbocycles. The van der Waals surface area contributed by atoms with Crippen molar-refractivity contribution in [1.82, 2.24) is 43.4 Å². The highest BCUT2D eigenvalue weighted by molar-refractivity contribution is 6.09. The second kappa shape index (κ2) is 9.02. The van der Waals surface area contributed by atoms with E-state index in [1.807, 2.05) is 67.8 Å². The van der Waals surface area contributed by atoms with Crippen molar-refractivity contribution in [3.63, 3.8) is 0 Å². The fourth-order valence-corrected chi connectivity index (χ4v) is 6.56. The van der Waals surface area contributed by atoms with Crippen LogP contribution >= 0.6 is 0 Å². The van der Waals surface area contributed by atoms with Gasteiger partial charge in [0.2, 0.25) is 17.7 Å². The molecule has 0 unspecified atom stereocenters. The molecule has 9 nitrogen and oxygen atoms in total. The van der Waals surface area contributed by atoms with Crippen LogP contribution in [-0.2, 0) is 0 Å². The molecule has 0 saturated heterocycles. The third-order valence-electron chi connectivity index (χ3n) is 8.30. The minimum Gasteiger partial charge on any atom is -0.278 e. The summed E-state index contributed by atoms with van der Waals surface area (Å²) in [5.41, 5.74) is 8.33. The molecule has 0 N–H and O–H groups in total. The highest BCUT2D eigenvalue weighted by Crippen LogP contribution is 2.33. The van der Waals surface area contributed by atoms with Crippen LogP contribution in [0.1, 0.15) is 17.2 Å². The quantitative estimate of drug-likeness (QED) is 0.225. The maximum absolute atomic E-state index is 5.20. The summed E-state index contributed by atoms with van der Waals surface area (Å²) < 4.78 is 6.31. The highest BCUT2D eigenvalue weighted by Gasteiger charge is 2.23. The fraction of sp³-hybridized carbons (Fsp3) is 0.0857. The molecule has 0 aliphatic heterocycles. The summed E-state index contributed by atoms with van der Waals surface area (Å²) in [5.74, 6) is 2.92. The van der Waals surface area contributed by atoms with Crippen molar-refractivity contribution in [2.24, 2.45) is 0 Å². The van der Waals surface area contributed by atoms with E-state index in [1.54, 1.807) is 0 Å². The lowest BCUT2D eigenvalue weighted by atomic mass is 10.1. The van der Waals surface area contributed by atoms with Crippen molar-refractivity contribution in [2.45, 2.75) is 20.8 Å². The van der Waals surface area contributed by atoms with Crippen LogP contribution in [-0.4, -0.2) is 43.4 Å². The number of nitrogens with zero attached hydrogens (tertiary/aromatic N) is 9. The molecule has 0 aliphatic rings. The number of hydrogen-bond acceptors (Lipinski definition) is 6. The van der Waals surface area contributed by atoms with Crippen LogP contribution in [0.25, 0.3) is 72.9 Å². The van der Waals surface area contributed by atoms with Gasteiger partial charge in [0.25, 0.3) is 0 Å². The van der Waals surface area contributed by atoms with E-state index >= 15 is 0 Å². The molecule has 9 rings (SSSR count). The van der Waals surface area contributed by atoms with Gasteiger partial charge in [-0.1, -0.05) is 60.7 Å². The Hall–Kier alpha value is -5.96. The summed E-state index contributed by atoms with van der Waals surface area (Å²) in [6, 6.07) is 33.1. The van der Waals surface area contributed by atoms with Crippen LogP contribution in [0.2, 0.25) is 0 Å². The summed E-state index contributed by atoms with van der Waals surface area (Å²) in [4.78, 5) is 29.9. The molecule has 210 valence electrons. The van der Waals surface area contributed by atoms with Crippen molar-refractivity contribution in [2.75, 3.05) is 0 Å². The zero-order chi connectivity index (χ0) is 29.5. The second-order valence-corrected chi connectivity index (χ2v) is 11.0. The summed E-state index contributed by atoms with van der Waals surface area (Å²) in [7, 11) is 0. The average molecular weight is 572 g/mol. The van der Waals surface area contributed by atoms with Gasteiger partial charge in [0.1, 0.15) is 5.82 Å². The Morgan fingerprint density at radius 3 is 1.64 bits per heavy atom. The molecule has 5 heterocycles. The van der Waals surface area contributed by atoms with Crippen LogP contribution in [0.3, 0.4) is 0 Å². The molecule has 5 aromatic heterocycles. The highest BCUT2D eigenvalue weighted by atomic mass is 15.3. The van der Waals surface area contributed by atoms with Gasteiger partial charge in [-0.3, -0.25) is 8.97 Å². The number of fused-ring (bicyclic) bond motifs is 8. The molecule has 4 aromatic carbocycles. The normalized spacial score (nSPS) is 12.0. The largest absolute Gasteiger partial charge is 0.278 e. The average Bonchev–Trinajstić information content (AvgIpc) is 3.67. The smallest absolute Gasteiger partial charge is 0.242 e. The molecule has 0 amide bonds. The Bertz CT molecular complexity index is 2530. The Labute approximate surface area is 251 Å². The van der Waals surface area contributed by atoms with Gasteiger partial charge in [-0.05, 0) is 57.2 Å². The van der Waals surface area contributed by atoms with Crippen LogP contribution in [0, 0.1) is 20.8 Å². The predicted octanol–water partition coefficient (Wildman–Crippen LogP) is 7.10. The van der Waals surface area contributed by atoms with E-state index in [2.05, 4.69) is 73.5 Å². The minimum absolute atomic E-state index is 0.466. The van der Waals surface area contributed by atoms with Gasteiger partial charge >= 0.3 is 0 Å². The zero-order valence-corrected chi connectivity index (χ0v) is 24.3. The van der Waals surface area contributed by atoms with Crippen molar-refractivity contribution in [3.05, 3.63) is 114 Å². The van der Waals surface area contributed by atoms with E-state index in [-0.39, 0.29) is 0 Å². The lowest BCUT2D eigenvalue weighted by molar-refractivity contribution is 0.877. The van der Waals surface area contributed by atoms with E-state index < -0.39 is 0 Å². The lowest BCUT2D eigenvalue weighted by Gasteiger charge is -2.13. The topological polar surface area (TPSA) is 91.6 Å². The van der Waals surface area contributed by atoms with Gasteiger partial charge in [0.15, 0.2) is 5.82 Å². The first-order valence-corrected chi connectivity index (χ1v) is 14.5. The van der Waals surface area contributed by atoms with Gasteiger partial charge in [0.05, 0.1) is 50.1 Å². The molecule has 0 bridgehead atoms. The minimum atomic E-state index is 0.466. The summed E-state index contributed by atoms with van der Waals surface area (Å²) in [5, 5.41) is 2.26. The Morgan fingerprint density at radius 2 is 0.977 bits per heavy atom. The number of benzene rings is 4. The molecule has 9 aromatic rings. The van der Waals surface area contributed by atoms with Gasteiger partial charge in [-0.2, -0.15) is 15.0 Å². The van der Waals surface area contributed by atoms with Gasteiger partial charge in [-0.15, -0.1) is 0 Å². The molecule has 0 aliphatic carbocycles. The van der Waals surface area contributed by atoms with E-state index in [9.17, 15) is 0 Å². The standard InChI is InChI=1S/C35H25N9/c1-20-31(21(2)37-22(3)36-20)32-39-33(42-26-15-7-4-12-23(26)24-13-5-8-16-27(24)42)41-34(40-32)44-30-19-11-10-18-29(30)43-28-17-9-6-14-25(28)38-35(43)44/h4-19H,1-3H3. The SMILES string of the molecule is Cc1nc(C)c(-c2nc(-n3c4ccccc4c4ccccc43)nc(-n3c4ccccc4n4c5ccccc5nc34)n2)c(C)n1. The number of aromatic nitrogens is 9. The van der Waals surface area contributed by atoms with E-state index in [0.717, 1.165) is 66.6 Å². The second-order valence-electron chi connectivity index (χ2n) is 11.0. The molecular weight excluding hydrogens is 546 g/mol. The number of rotatable bonds is 3. The number of hydrogen-bond donors (Lipinski definition) is 0. The molecule has 0 spiro atoms. The molecule has 0 fully saturated rings. The first-order valence-electron chi connectivity index (χ1n) is 14.5. The summed E-state index contributed by atoms with van der Waals surface area (Å²) in [6.45, 7) is 5.86. The molecular formula is C35H25N9. The van der Waals surface area contributed by atoms with Gasteiger partial charge in [-0.25, -0.2) is 19.5 Å².